The lowest BCUT2D eigenvalue weighted by molar-refractivity contribution is 1.07. The Bertz CT molecular complexity index is 866. The zero-order chi connectivity index (χ0) is 13.7. The van der Waals surface area contributed by atoms with Crippen LogP contribution < -0.4 is 5.56 Å². The van der Waals surface area contributed by atoms with Gasteiger partial charge in [0.25, 0.3) is 5.56 Å². The Balaban J connectivity index is 2.09. The molecule has 0 radical (unpaired) electrons. The van der Waals surface area contributed by atoms with Crippen molar-refractivity contribution >= 4 is 34.3 Å². The van der Waals surface area contributed by atoms with Crippen LogP contribution in [0.25, 0.3) is 22.2 Å². The maximum atomic E-state index is 12.1. The summed E-state index contributed by atoms with van der Waals surface area (Å²) in [5.41, 5.74) is 4.58. The van der Waals surface area contributed by atoms with Crippen LogP contribution in [-0.4, -0.2) is 15.2 Å². The molecular weight excluding hydrogens is 294 g/mol. The number of fused-ring (bicyclic) bond motifs is 3. The number of thioether (sulfide) groups is 1. The van der Waals surface area contributed by atoms with Gasteiger partial charge in [-0.05, 0) is 12.1 Å². The Morgan fingerprint density at radius 2 is 1.95 bits per heavy atom. The molecule has 20 heavy (non-hydrogen) atoms. The van der Waals surface area contributed by atoms with Gasteiger partial charge < -0.3 is 0 Å². The fourth-order valence-corrected chi connectivity index (χ4v) is 3.73. The van der Waals surface area contributed by atoms with Gasteiger partial charge in [0.1, 0.15) is 0 Å². The number of benzene rings is 1. The van der Waals surface area contributed by atoms with E-state index in [1.165, 1.54) is 0 Å². The van der Waals surface area contributed by atoms with Crippen LogP contribution in [-0.2, 0) is 11.5 Å². The van der Waals surface area contributed by atoms with E-state index in [4.69, 9.17) is 16.6 Å². The third-order valence-corrected chi connectivity index (χ3v) is 4.74. The summed E-state index contributed by atoms with van der Waals surface area (Å²) < 4.78 is 0. The molecular formula is C14H10ClN3OS. The van der Waals surface area contributed by atoms with E-state index in [1.807, 2.05) is 36.0 Å². The van der Waals surface area contributed by atoms with Gasteiger partial charge in [-0.25, -0.2) is 0 Å². The van der Waals surface area contributed by atoms with Crippen molar-refractivity contribution in [2.45, 2.75) is 11.5 Å². The van der Waals surface area contributed by atoms with Crippen molar-refractivity contribution in [3.63, 3.8) is 0 Å². The molecule has 4 nitrogen and oxygen atoms in total. The molecule has 0 saturated heterocycles. The van der Waals surface area contributed by atoms with Crippen molar-refractivity contribution in [1.82, 2.24) is 15.2 Å². The molecule has 6 heteroatoms. The number of H-pyrrole nitrogens is 2. The molecule has 0 bridgehead atoms. The fraction of sp³-hybridized carbons (Fsp3) is 0.143. The van der Waals surface area contributed by atoms with Crippen molar-refractivity contribution < 1.29 is 0 Å². The lowest BCUT2D eigenvalue weighted by atomic mass is 10.0. The average molecular weight is 304 g/mol. The van der Waals surface area contributed by atoms with Gasteiger partial charge in [0, 0.05) is 27.7 Å². The number of nitrogens with one attached hydrogen (secondary N) is 2. The van der Waals surface area contributed by atoms with Crippen LogP contribution in [0, 0.1) is 0 Å². The van der Waals surface area contributed by atoms with E-state index >= 15 is 0 Å². The van der Waals surface area contributed by atoms with Crippen molar-refractivity contribution in [1.29, 1.82) is 0 Å². The highest BCUT2D eigenvalue weighted by molar-refractivity contribution is 7.98. The highest BCUT2D eigenvalue weighted by atomic mass is 35.5. The molecule has 1 aromatic carbocycles. The molecule has 0 fully saturated rings. The molecule has 1 aliphatic heterocycles. The number of nitrogens with zero attached hydrogens (tertiary/aromatic N) is 1. The molecule has 2 aromatic heterocycles. The molecule has 2 N–H and O–H groups in total. The van der Waals surface area contributed by atoms with Crippen LogP contribution in [0.1, 0.15) is 11.3 Å². The maximum Gasteiger partial charge on any atom is 0.274 e. The van der Waals surface area contributed by atoms with Gasteiger partial charge in [-0.1, -0.05) is 23.7 Å². The summed E-state index contributed by atoms with van der Waals surface area (Å²) >= 11 is 7.74. The Hall–Kier alpha value is -1.72. The van der Waals surface area contributed by atoms with Gasteiger partial charge in [0.05, 0.1) is 22.3 Å². The summed E-state index contributed by atoms with van der Waals surface area (Å²) in [5.74, 6) is 1.78. The molecule has 3 heterocycles. The van der Waals surface area contributed by atoms with E-state index in [0.29, 0.717) is 10.4 Å². The molecule has 3 aromatic rings. The van der Waals surface area contributed by atoms with Crippen LogP contribution in [0.15, 0.2) is 29.1 Å². The average Bonchev–Trinajstić information content (AvgIpc) is 3.05. The first-order chi connectivity index (χ1) is 9.74. The van der Waals surface area contributed by atoms with E-state index in [0.717, 1.165) is 39.5 Å². The molecule has 100 valence electrons. The van der Waals surface area contributed by atoms with Crippen molar-refractivity contribution in [2.24, 2.45) is 0 Å². The van der Waals surface area contributed by atoms with E-state index in [1.54, 1.807) is 0 Å². The molecule has 0 spiro atoms. The van der Waals surface area contributed by atoms with Crippen LogP contribution in [0.5, 0.6) is 0 Å². The third kappa shape index (κ3) is 1.70. The predicted molar refractivity (Wildman–Crippen MR) is 82.2 cm³/mol. The van der Waals surface area contributed by atoms with Crippen LogP contribution in [0.4, 0.5) is 0 Å². The SMILES string of the molecule is O=c1[nH][nH]c2c3c(nc(-c4ccc(Cl)cc4)c12)CSC3. The van der Waals surface area contributed by atoms with E-state index < -0.39 is 0 Å². The molecule has 0 saturated carbocycles. The first-order valence-electron chi connectivity index (χ1n) is 6.20. The second-order valence-electron chi connectivity index (χ2n) is 4.71. The van der Waals surface area contributed by atoms with Gasteiger partial charge in [0.15, 0.2) is 0 Å². The summed E-state index contributed by atoms with van der Waals surface area (Å²) in [6.45, 7) is 0. The lowest BCUT2D eigenvalue weighted by Crippen LogP contribution is -2.02. The van der Waals surface area contributed by atoms with E-state index in [9.17, 15) is 4.79 Å². The van der Waals surface area contributed by atoms with Crippen LogP contribution in [0.2, 0.25) is 5.02 Å². The second-order valence-corrected chi connectivity index (χ2v) is 6.14. The fourth-order valence-electron chi connectivity index (χ4n) is 2.55. The number of halogens is 1. The van der Waals surface area contributed by atoms with E-state index in [-0.39, 0.29) is 5.56 Å². The number of pyridine rings is 1. The van der Waals surface area contributed by atoms with Gasteiger partial charge in [-0.15, -0.1) is 0 Å². The minimum Gasteiger partial charge on any atom is -0.297 e. The standard InChI is InChI=1S/C14H10ClN3OS/c15-8-3-1-7(2-4-8)12-11-13(17-18-14(11)19)9-5-20-6-10(9)16-12/h1-4H,5-6H2,(H2,17,18,19). The summed E-state index contributed by atoms with van der Waals surface area (Å²) in [7, 11) is 0. The number of rotatable bonds is 1. The summed E-state index contributed by atoms with van der Waals surface area (Å²) in [5, 5.41) is 6.97. The Kier molecular flexibility index (Phi) is 2.65. The largest absolute Gasteiger partial charge is 0.297 e. The number of hydrogen-bond acceptors (Lipinski definition) is 3. The third-order valence-electron chi connectivity index (χ3n) is 3.51. The smallest absolute Gasteiger partial charge is 0.274 e. The van der Waals surface area contributed by atoms with Gasteiger partial charge in [-0.3, -0.25) is 20.0 Å². The van der Waals surface area contributed by atoms with Crippen LogP contribution >= 0.6 is 23.4 Å². The Morgan fingerprint density at radius 1 is 1.15 bits per heavy atom. The van der Waals surface area contributed by atoms with Gasteiger partial charge in [0.2, 0.25) is 0 Å². The first-order valence-corrected chi connectivity index (χ1v) is 7.73. The minimum atomic E-state index is -0.128. The molecule has 0 amide bonds. The maximum absolute atomic E-state index is 12.1. The number of hydrogen-bond donors (Lipinski definition) is 2. The summed E-state index contributed by atoms with van der Waals surface area (Å²) in [6, 6.07) is 7.41. The molecule has 0 atom stereocenters. The highest BCUT2D eigenvalue weighted by Crippen LogP contribution is 2.36. The Morgan fingerprint density at radius 3 is 2.75 bits per heavy atom. The van der Waals surface area contributed by atoms with Crippen molar-refractivity contribution in [2.75, 3.05) is 0 Å². The number of aromatic nitrogens is 3. The predicted octanol–water partition coefficient (Wildman–Crippen LogP) is 3.32. The molecule has 0 aliphatic carbocycles. The molecule has 4 rings (SSSR count). The highest BCUT2D eigenvalue weighted by Gasteiger charge is 2.22. The summed E-state index contributed by atoms with van der Waals surface area (Å²) in [4.78, 5) is 16.8. The zero-order valence-corrected chi connectivity index (χ0v) is 11.9. The summed E-state index contributed by atoms with van der Waals surface area (Å²) in [6.07, 6.45) is 0. The zero-order valence-electron chi connectivity index (χ0n) is 10.4. The lowest BCUT2D eigenvalue weighted by Gasteiger charge is -2.06. The molecule has 0 unspecified atom stereocenters. The van der Waals surface area contributed by atoms with Crippen molar-refractivity contribution in [3.8, 4) is 11.3 Å². The van der Waals surface area contributed by atoms with E-state index in [2.05, 4.69) is 10.2 Å². The van der Waals surface area contributed by atoms with Crippen molar-refractivity contribution in [3.05, 3.63) is 50.9 Å². The molecule has 1 aliphatic rings. The topological polar surface area (TPSA) is 61.5 Å². The quantitative estimate of drug-likeness (QED) is 0.725. The Labute approximate surface area is 123 Å². The second kappa shape index (κ2) is 4.40. The number of aromatic amines is 2. The minimum absolute atomic E-state index is 0.128. The van der Waals surface area contributed by atoms with Gasteiger partial charge >= 0.3 is 0 Å². The van der Waals surface area contributed by atoms with Crippen LogP contribution in [0.3, 0.4) is 0 Å². The monoisotopic (exact) mass is 303 g/mol. The normalized spacial score (nSPS) is 13.8. The van der Waals surface area contributed by atoms with Gasteiger partial charge in [-0.2, -0.15) is 11.8 Å². The first kappa shape index (κ1) is 12.1.